The third-order valence-electron chi connectivity index (χ3n) is 5.44. The lowest BCUT2D eigenvalue weighted by molar-refractivity contribution is 0.211. The van der Waals surface area contributed by atoms with Crippen molar-refractivity contribution in [2.75, 3.05) is 30.3 Å². The maximum absolute atomic E-state index is 8.92. The number of rotatable bonds is 10. The van der Waals surface area contributed by atoms with Gasteiger partial charge in [-0.2, -0.15) is 4.98 Å². The number of aromatic nitrogens is 5. The number of piperidine rings is 1. The van der Waals surface area contributed by atoms with E-state index in [0.717, 1.165) is 44.0 Å². The van der Waals surface area contributed by atoms with Crippen LogP contribution in [-0.2, 0) is 19.6 Å². The van der Waals surface area contributed by atoms with Gasteiger partial charge in [-0.15, -0.1) is 5.10 Å². The van der Waals surface area contributed by atoms with Crippen LogP contribution in [0, 0.1) is 0 Å². The van der Waals surface area contributed by atoms with Crippen LogP contribution >= 0.6 is 11.6 Å². The molecule has 2 aromatic heterocycles. The highest BCUT2D eigenvalue weighted by molar-refractivity contribution is 6.29. The number of aliphatic hydroxyl groups excluding tert-OH is 1. The molecule has 0 saturated carbocycles. The maximum atomic E-state index is 8.92. The van der Waals surface area contributed by atoms with Crippen molar-refractivity contribution in [1.29, 1.82) is 0 Å². The molecule has 1 fully saturated rings. The van der Waals surface area contributed by atoms with Gasteiger partial charge < -0.3 is 15.7 Å². The number of nitrogens with one attached hydrogen (secondary N) is 2. The largest absolute Gasteiger partial charge is 0.396 e. The van der Waals surface area contributed by atoms with Crippen LogP contribution in [0.1, 0.15) is 30.5 Å². The predicted octanol–water partition coefficient (Wildman–Crippen LogP) is 2.79. The smallest absolute Gasteiger partial charge is 0.226 e. The average Bonchev–Trinajstić information content (AvgIpc) is 3.26. The number of anilines is 2. The van der Waals surface area contributed by atoms with E-state index in [-0.39, 0.29) is 6.61 Å². The fourth-order valence-corrected chi connectivity index (χ4v) is 3.97. The molecular weight excluding hydrogens is 428 g/mol. The Morgan fingerprint density at radius 1 is 1.12 bits per heavy atom. The number of nitrogens with zero attached hydrogens (tertiary/aromatic N) is 6. The second kappa shape index (κ2) is 11.2. The summed E-state index contributed by atoms with van der Waals surface area (Å²) >= 11 is 6.23. The summed E-state index contributed by atoms with van der Waals surface area (Å²) in [4.78, 5) is 11.3. The quantitative estimate of drug-likeness (QED) is 0.400. The van der Waals surface area contributed by atoms with Crippen LogP contribution in [0.4, 0.5) is 11.8 Å². The number of benzene rings is 1. The minimum absolute atomic E-state index is 0.131. The summed E-state index contributed by atoms with van der Waals surface area (Å²) in [6, 6.07) is 12.7. The molecule has 32 heavy (non-hydrogen) atoms. The van der Waals surface area contributed by atoms with Crippen LogP contribution in [0.5, 0.6) is 0 Å². The molecule has 0 atom stereocenters. The minimum atomic E-state index is 0.131. The Kier molecular flexibility index (Phi) is 7.87. The first-order chi connectivity index (χ1) is 15.7. The highest BCUT2D eigenvalue weighted by Crippen LogP contribution is 2.20. The number of hydrogen-bond donors (Lipinski definition) is 3. The van der Waals surface area contributed by atoms with Crippen molar-refractivity contribution >= 4 is 23.4 Å². The zero-order chi connectivity index (χ0) is 22.2. The molecule has 9 nitrogen and oxygen atoms in total. The van der Waals surface area contributed by atoms with Crippen LogP contribution in [0.2, 0.25) is 5.15 Å². The molecule has 0 aliphatic carbocycles. The Labute approximate surface area is 192 Å². The van der Waals surface area contributed by atoms with Crippen LogP contribution in [0.15, 0.2) is 42.6 Å². The molecule has 170 valence electrons. The van der Waals surface area contributed by atoms with Gasteiger partial charge in [0, 0.05) is 44.9 Å². The fraction of sp³-hybridized carbons (Fsp3) is 0.455. The molecule has 3 N–H and O–H groups in total. The number of likely N-dealkylation sites (tertiary alicyclic amines) is 1. The average molecular weight is 457 g/mol. The van der Waals surface area contributed by atoms with Gasteiger partial charge >= 0.3 is 0 Å². The highest BCUT2D eigenvalue weighted by atomic mass is 35.5. The second-order valence-corrected chi connectivity index (χ2v) is 8.37. The number of halogens is 1. The molecular formula is C22H29ClN8O. The molecule has 0 bridgehead atoms. The summed E-state index contributed by atoms with van der Waals surface area (Å²) in [6.07, 6.45) is 4.59. The fourth-order valence-electron chi connectivity index (χ4n) is 3.79. The molecule has 3 heterocycles. The van der Waals surface area contributed by atoms with Crippen molar-refractivity contribution in [2.45, 2.75) is 44.9 Å². The monoisotopic (exact) mass is 456 g/mol. The Morgan fingerprint density at radius 3 is 2.72 bits per heavy atom. The van der Waals surface area contributed by atoms with Crippen LogP contribution < -0.4 is 10.6 Å². The van der Waals surface area contributed by atoms with Crippen molar-refractivity contribution < 1.29 is 5.11 Å². The molecule has 3 aromatic rings. The van der Waals surface area contributed by atoms with Crippen molar-refractivity contribution in [3.63, 3.8) is 0 Å². The van der Waals surface area contributed by atoms with E-state index < -0.39 is 0 Å². The van der Waals surface area contributed by atoms with E-state index in [2.05, 4.69) is 66.1 Å². The van der Waals surface area contributed by atoms with Crippen LogP contribution in [0.3, 0.4) is 0 Å². The van der Waals surface area contributed by atoms with E-state index in [4.69, 9.17) is 16.7 Å². The summed E-state index contributed by atoms with van der Waals surface area (Å²) in [5.41, 5.74) is 2.12. The first kappa shape index (κ1) is 22.4. The maximum Gasteiger partial charge on any atom is 0.226 e. The van der Waals surface area contributed by atoms with E-state index in [9.17, 15) is 0 Å². The summed E-state index contributed by atoms with van der Waals surface area (Å²) in [5.74, 6) is 1.17. The molecule has 1 aliphatic rings. The third-order valence-corrected chi connectivity index (χ3v) is 5.64. The van der Waals surface area contributed by atoms with Gasteiger partial charge in [-0.05, 0) is 24.8 Å². The Hall–Kier alpha value is -2.75. The first-order valence-corrected chi connectivity index (χ1v) is 11.4. The summed E-state index contributed by atoms with van der Waals surface area (Å²) in [7, 11) is 0. The van der Waals surface area contributed by atoms with Crippen molar-refractivity contribution in [3.8, 4) is 0 Å². The molecule has 0 amide bonds. The van der Waals surface area contributed by atoms with Gasteiger partial charge in [-0.25, -0.2) is 4.98 Å². The van der Waals surface area contributed by atoms with Crippen molar-refractivity contribution in [2.24, 2.45) is 0 Å². The normalized spacial score (nSPS) is 15.1. The summed E-state index contributed by atoms with van der Waals surface area (Å²) in [5, 5.41) is 24.1. The van der Waals surface area contributed by atoms with Gasteiger partial charge in [-0.1, -0.05) is 47.1 Å². The third kappa shape index (κ3) is 6.62. The molecule has 0 spiro atoms. The predicted molar refractivity (Wildman–Crippen MR) is 124 cm³/mol. The Balaban J connectivity index is 1.27. The topological polar surface area (TPSA) is 104 Å². The van der Waals surface area contributed by atoms with Crippen LogP contribution in [0.25, 0.3) is 0 Å². The van der Waals surface area contributed by atoms with Gasteiger partial charge in [0.25, 0.3) is 0 Å². The van der Waals surface area contributed by atoms with Crippen LogP contribution in [-0.4, -0.2) is 60.7 Å². The van der Waals surface area contributed by atoms with Gasteiger partial charge in [0.05, 0.1) is 12.7 Å². The van der Waals surface area contributed by atoms with E-state index in [0.29, 0.717) is 36.7 Å². The molecule has 4 rings (SSSR count). The first-order valence-electron chi connectivity index (χ1n) is 11.0. The van der Waals surface area contributed by atoms with E-state index in [1.165, 1.54) is 5.56 Å². The number of aliphatic hydroxyl groups is 1. The van der Waals surface area contributed by atoms with Gasteiger partial charge in [0.1, 0.15) is 16.7 Å². The van der Waals surface area contributed by atoms with E-state index >= 15 is 0 Å². The molecule has 0 radical (unpaired) electrons. The standard InChI is InChI=1S/C22H29ClN8O/c23-20-13-21(25-18-7-10-30(11-8-18)15-17-5-2-1-3-6-17)27-22(26-20)24-14-19-16-31(29-28-19)9-4-12-32/h1-3,5-6,13,16,18,32H,4,7-12,14-15H2,(H2,24,25,26,27). The second-order valence-electron chi connectivity index (χ2n) is 7.98. The lowest BCUT2D eigenvalue weighted by Crippen LogP contribution is -2.38. The molecule has 10 heteroatoms. The van der Waals surface area contributed by atoms with Gasteiger partial charge in [-0.3, -0.25) is 9.58 Å². The number of hydrogen-bond acceptors (Lipinski definition) is 8. The molecule has 1 saturated heterocycles. The molecule has 0 unspecified atom stereocenters. The van der Waals surface area contributed by atoms with Gasteiger partial charge in [0.15, 0.2) is 0 Å². The summed E-state index contributed by atoms with van der Waals surface area (Å²) < 4.78 is 1.71. The van der Waals surface area contributed by atoms with Crippen molar-refractivity contribution in [1.82, 2.24) is 29.9 Å². The Morgan fingerprint density at radius 2 is 1.94 bits per heavy atom. The van der Waals surface area contributed by atoms with Crippen molar-refractivity contribution in [3.05, 3.63) is 59.0 Å². The lowest BCUT2D eigenvalue weighted by Gasteiger charge is -2.32. The molecule has 1 aromatic carbocycles. The molecule has 1 aliphatic heterocycles. The lowest BCUT2D eigenvalue weighted by atomic mass is 10.0. The number of aryl methyl sites for hydroxylation is 1. The summed E-state index contributed by atoms with van der Waals surface area (Å²) in [6.45, 7) is 4.29. The van der Waals surface area contributed by atoms with E-state index in [1.54, 1.807) is 10.7 Å². The Bertz CT molecular complexity index is 975. The minimum Gasteiger partial charge on any atom is -0.396 e. The van der Waals surface area contributed by atoms with E-state index in [1.807, 2.05) is 6.20 Å². The zero-order valence-electron chi connectivity index (χ0n) is 18.0. The SMILES string of the molecule is OCCCn1cc(CNc2nc(Cl)cc(NC3CCN(Cc4ccccc4)CC3)n2)nn1. The zero-order valence-corrected chi connectivity index (χ0v) is 18.7. The highest BCUT2D eigenvalue weighted by Gasteiger charge is 2.20. The van der Waals surface area contributed by atoms with Gasteiger partial charge in [0.2, 0.25) is 5.95 Å².